The summed E-state index contributed by atoms with van der Waals surface area (Å²) in [6.45, 7) is 4.07. The molecule has 0 aromatic carbocycles. The van der Waals surface area contributed by atoms with E-state index in [9.17, 15) is 4.79 Å². The molecular weight excluding hydrogens is 252 g/mol. The van der Waals surface area contributed by atoms with Gasteiger partial charge in [0, 0.05) is 13.1 Å². The zero-order valence-corrected chi connectivity index (χ0v) is 11.2. The highest BCUT2D eigenvalue weighted by atomic mass is 35.5. The Bertz CT molecular complexity index is 451. The Balaban J connectivity index is 2.22. The highest BCUT2D eigenvalue weighted by molar-refractivity contribution is 6.33. The number of aromatic carboxylic acids is 1. The van der Waals surface area contributed by atoms with Crippen LogP contribution in [0.15, 0.2) is 12.1 Å². The molecule has 1 aliphatic heterocycles. The summed E-state index contributed by atoms with van der Waals surface area (Å²) >= 11 is 5.82. The molecule has 2 heterocycles. The Kier molecular flexibility index (Phi) is 4.07. The molecule has 98 valence electrons. The number of rotatable bonds is 3. The van der Waals surface area contributed by atoms with Crippen LogP contribution in [-0.4, -0.2) is 29.1 Å². The number of anilines is 1. The van der Waals surface area contributed by atoms with Crippen molar-refractivity contribution in [2.24, 2.45) is 5.92 Å². The Labute approximate surface area is 112 Å². The molecule has 0 spiro atoms. The van der Waals surface area contributed by atoms with Gasteiger partial charge in [-0.05, 0) is 30.9 Å². The minimum absolute atomic E-state index is 0.0622. The van der Waals surface area contributed by atoms with E-state index in [2.05, 4.69) is 16.8 Å². The number of carboxylic acid groups (broad SMARTS) is 1. The summed E-state index contributed by atoms with van der Waals surface area (Å²) in [7, 11) is 0. The average Bonchev–Trinajstić information content (AvgIpc) is 2.39. The van der Waals surface area contributed by atoms with Gasteiger partial charge in [-0.15, -0.1) is 0 Å². The molecule has 2 rings (SSSR count). The third kappa shape index (κ3) is 2.75. The van der Waals surface area contributed by atoms with Gasteiger partial charge in [0.1, 0.15) is 5.82 Å². The first-order valence-corrected chi connectivity index (χ1v) is 6.64. The molecule has 0 aliphatic carbocycles. The van der Waals surface area contributed by atoms with Gasteiger partial charge in [-0.3, -0.25) is 0 Å². The van der Waals surface area contributed by atoms with Crippen molar-refractivity contribution in [3.05, 3.63) is 22.8 Å². The molecule has 4 nitrogen and oxygen atoms in total. The molecule has 1 aliphatic rings. The van der Waals surface area contributed by atoms with E-state index in [-0.39, 0.29) is 10.7 Å². The molecule has 0 radical (unpaired) electrons. The molecular formula is C13H17ClN2O2. The second-order valence-corrected chi connectivity index (χ2v) is 5.07. The van der Waals surface area contributed by atoms with Crippen molar-refractivity contribution in [3.63, 3.8) is 0 Å². The van der Waals surface area contributed by atoms with Gasteiger partial charge < -0.3 is 10.0 Å². The van der Waals surface area contributed by atoms with Gasteiger partial charge >= 0.3 is 5.97 Å². The van der Waals surface area contributed by atoms with E-state index in [0.717, 1.165) is 31.7 Å². The van der Waals surface area contributed by atoms with Crippen LogP contribution in [0.4, 0.5) is 5.82 Å². The van der Waals surface area contributed by atoms with Crippen LogP contribution < -0.4 is 4.90 Å². The zero-order chi connectivity index (χ0) is 13.1. The minimum Gasteiger partial charge on any atom is -0.476 e. The van der Waals surface area contributed by atoms with E-state index in [1.165, 1.54) is 6.42 Å². The number of pyridine rings is 1. The highest BCUT2D eigenvalue weighted by Gasteiger charge is 2.21. The number of hydrogen-bond acceptors (Lipinski definition) is 3. The molecule has 18 heavy (non-hydrogen) atoms. The van der Waals surface area contributed by atoms with Crippen LogP contribution in [-0.2, 0) is 0 Å². The van der Waals surface area contributed by atoms with Crippen LogP contribution in [0.2, 0.25) is 5.02 Å². The molecule has 0 saturated carbocycles. The van der Waals surface area contributed by atoms with Crippen LogP contribution in [0.1, 0.15) is 36.7 Å². The number of halogens is 1. The van der Waals surface area contributed by atoms with Crippen molar-refractivity contribution in [1.82, 2.24) is 4.98 Å². The molecule has 1 aromatic rings. The van der Waals surface area contributed by atoms with Gasteiger partial charge in [0.05, 0.1) is 5.02 Å². The summed E-state index contributed by atoms with van der Waals surface area (Å²) in [6.07, 6.45) is 3.52. The summed E-state index contributed by atoms with van der Waals surface area (Å²) < 4.78 is 0. The summed E-state index contributed by atoms with van der Waals surface area (Å²) in [5.41, 5.74) is -0.0622. The van der Waals surface area contributed by atoms with Gasteiger partial charge in [0.2, 0.25) is 0 Å². The fraction of sp³-hybridized carbons (Fsp3) is 0.538. The number of hydrogen-bond donors (Lipinski definition) is 1. The lowest BCUT2D eigenvalue weighted by atomic mass is 9.96. The van der Waals surface area contributed by atoms with Gasteiger partial charge in [-0.25, -0.2) is 9.78 Å². The van der Waals surface area contributed by atoms with E-state index in [4.69, 9.17) is 16.7 Å². The number of piperidine rings is 1. The van der Waals surface area contributed by atoms with Crippen molar-refractivity contribution < 1.29 is 9.90 Å². The molecule has 1 N–H and O–H groups in total. The van der Waals surface area contributed by atoms with Crippen molar-refractivity contribution in [2.75, 3.05) is 18.0 Å². The fourth-order valence-electron chi connectivity index (χ4n) is 2.36. The highest BCUT2D eigenvalue weighted by Crippen LogP contribution is 2.25. The fourth-order valence-corrected chi connectivity index (χ4v) is 2.55. The summed E-state index contributed by atoms with van der Waals surface area (Å²) in [6, 6.07) is 3.41. The van der Waals surface area contributed by atoms with Gasteiger partial charge in [-0.2, -0.15) is 0 Å². The molecule has 1 fully saturated rings. The summed E-state index contributed by atoms with van der Waals surface area (Å²) in [4.78, 5) is 17.3. The first-order valence-electron chi connectivity index (χ1n) is 6.26. The maximum atomic E-state index is 11.0. The molecule has 5 heteroatoms. The molecule has 0 amide bonds. The largest absolute Gasteiger partial charge is 0.476 e. The lowest BCUT2D eigenvalue weighted by molar-refractivity contribution is 0.0691. The summed E-state index contributed by atoms with van der Waals surface area (Å²) in [5, 5.41) is 9.21. The first kappa shape index (κ1) is 13.1. The third-order valence-corrected chi connectivity index (χ3v) is 3.76. The topological polar surface area (TPSA) is 53.4 Å². The lowest BCUT2D eigenvalue weighted by Crippen LogP contribution is -2.35. The number of carbonyl (C=O) groups is 1. The van der Waals surface area contributed by atoms with Gasteiger partial charge in [-0.1, -0.05) is 24.9 Å². The van der Waals surface area contributed by atoms with E-state index in [1.807, 2.05) is 0 Å². The lowest BCUT2D eigenvalue weighted by Gasteiger charge is -2.33. The number of nitrogens with zero attached hydrogens (tertiary/aromatic N) is 2. The van der Waals surface area contributed by atoms with Crippen LogP contribution in [0.5, 0.6) is 0 Å². The molecule has 1 unspecified atom stereocenters. The third-order valence-electron chi connectivity index (χ3n) is 3.45. The van der Waals surface area contributed by atoms with E-state index in [0.29, 0.717) is 5.92 Å². The Morgan fingerprint density at radius 3 is 3.06 bits per heavy atom. The molecule has 1 atom stereocenters. The minimum atomic E-state index is -1.08. The maximum absolute atomic E-state index is 11.0. The second-order valence-electron chi connectivity index (χ2n) is 4.67. The molecule has 1 aromatic heterocycles. The van der Waals surface area contributed by atoms with Gasteiger partial charge in [0.15, 0.2) is 5.69 Å². The Morgan fingerprint density at radius 1 is 1.61 bits per heavy atom. The van der Waals surface area contributed by atoms with Gasteiger partial charge in [0.25, 0.3) is 0 Å². The van der Waals surface area contributed by atoms with Crippen LogP contribution >= 0.6 is 11.6 Å². The van der Waals surface area contributed by atoms with Crippen LogP contribution in [0.25, 0.3) is 0 Å². The van der Waals surface area contributed by atoms with Crippen molar-refractivity contribution in [2.45, 2.75) is 26.2 Å². The quantitative estimate of drug-likeness (QED) is 0.915. The number of carboxylic acids is 1. The van der Waals surface area contributed by atoms with Crippen molar-refractivity contribution >= 4 is 23.4 Å². The Hall–Kier alpha value is -1.29. The summed E-state index contributed by atoms with van der Waals surface area (Å²) in [5.74, 6) is 0.311. The first-order chi connectivity index (χ1) is 8.61. The second kappa shape index (κ2) is 5.57. The smallest absolute Gasteiger partial charge is 0.356 e. The predicted octanol–water partition coefficient (Wildman–Crippen LogP) is 3.06. The molecule has 0 bridgehead atoms. The Morgan fingerprint density at radius 2 is 2.39 bits per heavy atom. The van der Waals surface area contributed by atoms with Crippen LogP contribution in [0.3, 0.4) is 0 Å². The van der Waals surface area contributed by atoms with Crippen molar-refractivity contribution in [1.29, 1.82) is 0 Å². The van der Waals surface area contributed by atoms with Crippen molar-refractivity contribution in [3.8, 4) is 0 Å². The van der Waals surface area contributed by atoms with E-state index < -0.39 is 5.97 Å². The normalized spacial score (nSPS) is 19.9. The van der Waals surface area contributed by atoms with Crippen LogP contribution in [0, 0.1) is 5.92 Å². The zero-order valence-electron chi connectivity index (χ0n) is 10.4. The predicted molar refractivity (Wildman–Crippen MR) is 71.4 cm³/mol. The SMILES string of the molecule is CCC1CCCN(c2ccc(Cl)c(C(=O)O)n2)C1. The van der Waals surface area contributed by atoms with E-state index in [1.54, 1.807) is 12.1 Å². The molecule has 1 saturated heterocycles. The maximum Gasteiger partial charge on any atom is 0.356 e. The van der Waals surface area contributed by atoms with E-state index >= 15 is 0 Å². The number of aromatic nitrogens is 1. The average molecular weight is 269 g/mol. The monoisotopic (exact) mass is 268 g/mol. The standard InChI is InChI=1S/C13H17ClN2O2/c1-2-9-4-3-7-16(8-9)11-6-5-10(14)12(15-11)13(17)18/h5-6,9H,2-4,7-8H2,1H3,(H,17,18).